The second-order valence-corrected chi connectivity index (χ2v) is 10.2. The van der Waals surface area contributed by atoms with Crippen molar-refractivity contribution < 1.29 is 17.6 Å². The van der Waals surface area contributed by atoms with E-state index in [1.807, 2.05) is 6.92 Å². The van der Waals surface area contributed by atoms with Crippen LogP contribution in [0.4, 0.5) is 9.18 Å². The van der Waals surface area contributed by atoms with Gasteiger partial charge in [0.05, 0.1) is 10.9 Å². The number of hydrogen-bond donors (Lipinski definition) is 1. The summed E-state index contributed by atoms with van der Waals surface area (Å²) in [4.78, 5) is 14.3. The van der Waals surface area contributed by atoms with Crippen molar-refractivity contribution in [1.82, 2.24) is 14.5 Å². The van der Waals surface area contributed by atoms with Gasteiger partial charge in [0, 0.05) is 26.2 Å². The third kappa shape index (κ3) is 4.75. The van der Waals surface area contributed by atoms with Crippen LogP contribution in [0.5, 0.6) is 0 Å². The Balaban J connectivity index is 1.35. The van der Waals surface area contributed by atoms with E-state index in [2.05, 4.69) is 23.5 Å². The highest BCUT2D eigenvalue weighted by molar-refractivity contribution is 7.89. The number of nitrogens with one attached hydrogen (secondary N) is 1. The molecule has 1 N–H and O–H groups in total. The zero-order valence-corrected chi connectivity index (χ0v) is 18.5. The topological polar surface area (TPSA) is 69.7 Å². The Morgan fingerprint density at radius 2 is 1.71 bits per heavy atom. The SMILES string of the molecule is CC(NC(=O)N1CCN(S(=O)(=O)c2cccc(F)c2)CC1)c1ccc2c(c1)CCCC2. The van der Waals surface area contributed by atoms with E-state index in [1.54, 1.807) is 4.90 Å². The minimum absolute atomic E-state index is 0.0635. The fourth-order valence-electron chi connectivity index (χ4n) is 4.29. The molecule has 1 aliphatic carbocycles. The molecule has 0 radical (unpaired) electrons. The van der Waals surface area contributed by atoms with Crippen molar-refractivity contribution in [2.24, 2.45) is 0 Å². The summed E-state index contributed by atoms with van der Waals surface area (Å²) in [5, 5.41) is 3.03. The lowest BCUT2D eigenvalue weighted by Gasteiger charge is -2.34. The number of halogens is 1. The maximum atomic E-state index is 13.4. The van der Waals surface area contributed by atoms with Gasteiger partial charge in [0.15, 0.2) is 0 Å². The van der Waals surface area contributed by atoms with Gasteiger partial charge in [-0.25, -0.2) is 17.6 Å². The average molecular weight is 446 g/mol. The number of urea groups is 1. The van der Waals surface area contributed by atoms with E-state index in [9.17, 15) is 17.6 Å². The molecule has 0 saturated carbocycles. The molecule has 1 saturated heterocycles. The lowest BCUT2D eigenvalue weighted by Crippen LogP contribution is -2.53. The average Bonchev–Trinajstić information content (AvgIpc) is 2.78. The molecule has 2 aromatic carbocycles. The summed E-state index contributed by atoms with van der Waals surface area (Å²) in [6, 6.07) is 11.1. The van der Waals surface area contributed by atoms with Crippen molar-refractivity contribution in [2.45, 2.75) is 43.5 Å². The maximum absolute atomic E-state index is 13.4. The minimum Gasteiger partial charge on any atom is -0.331 e. The monoisotopic (exact) mass is 445 g/mol. The number of nitrogens with zero attached hydrogens (tertiary/aromatic N) is 2. The second-order valence-electron chi connectivity index (χ2n) is 8.25. The second kappa shape index (κ2) is 8.96. The molecule has 0 spiro atoms. The first-order valence-corrected chi connectivity index (χ1v) is 12.2. The zero-order chi connectivity index (χ0) is 22.0. The smallest absolute Gasteiger partial charge is 0.317 e. The highest BCUT2D eigenvalue weighted by atomic mass is 32.2. The molecule has 4 rings (SSSR count). The molecule has 0 aromatic heterocycles. The van der Waals surface area contributed by atoms with Gasteiger partial charge in [-0.15, -0.1) is 0 Å². The van der Waals surface area contributed by atoms with Crippen LogP contribution in [0, 0.1) is 5.82 Å². The first-order chi connectivity index (χ1) is 14.8. The third-order valence-corrected chi connectivity index (χ3v) is 8.07. The number of fused-ring (bicyclic) bond motifs is 1. The normalized spacial score (nSPS) is 18.3. The van der Waals surface area contributed by atoms with Gasteiger partial charge in [-0.2, -0.15) is 4.31 Å². The molecule has 6 nitrogen and oxygen atoms in total. The van der Waals surface area contributed by atoms with Crippen LogP contribution in [0.2, 0.25) is 0 Å². The van der Waals surface area contributed by atoms with Crippen LogP contribution in [-0.4, -0.2) is 49.8 Å². The van der Waals surface area contributed by atoms with Gasteiger partial charge in [-0.1, -0.05) is 24.3 Å². The molecule has 0 bridgehead atoms. The van der Waals surface area contributed by atoms with Crippen molar-refractivity contribution in [3.63, 3.8) is 0 Å². The fraction of sp³-hybridized carbons (Fsp3) is 0.435. The van der Waals surface area contributed by atoms with Gasteiger partial charge in [0.2, 0.25) is 10.0 Å². The highest BCUT2D eigenvalue weighted by Crippen LogP contribution is 2.25. The van der Waals surface area contributed by atoms with Crippen LogP contribution in [0.3, 0.4) is 0 Å². The molecule has 1 fully saturated rings. The lowest BCUT2D eigenvalue weighted by atomic mass is 9.89. The van der Waals surface area contributed by atoms with Gasteiger partial charge in [-0.05, 0) is 67.5 Å². The predicted octanol–water partition coefficient (Wildman–Crippen LogP) is 3.48. The Kier molecular flexibility index (Phi) is 6.29. The van der Waals surface area contributed by atoms with Crippen LogP contribution in [0.25, 0.3) is 0 Å². The summed E-state index contributed by atoms with van der Waals surface area (Å²) in [6.07, 6.45) is 4.66. The molecule has 1 unspecified atom stereocenters. The largest absolute Gasteiger partial charge is 0.331 e. The van der Waals surface area contributed by atoms with Crippen LogP contribution < -0.4 is 5.32 Å². The minimum atomic E-state index is -3.77. The van der Waals surface area contributed by atoms with E-state index >= 15 is 0 Å². The molecular formula is C23H28FN3O3S. The van der Waals surface area contributed by atoms with E-state index in [-0.39, 0.29) is 43.1 Å². The molecular weight excluding hydrogens is 417 g/mol. The summed E-state index contributed by atoms with van der Waals surface area (Å²) in [5.74, 6) is -0.588. The fourth-order valence-corrected chi connectivity index (χ4v) is 5.74. The van der Waals surface area contributed by atoms with E-state index in [4.69, 9.17) is 0 Å². The maximum Gasteiger partial charge on any atom is 0.317 e. The standard InChI is InChI=1S/C23H28FN3O3S/c1-17(19-10-9-18-5-2-3-6-20(18)15-19)25-23(28)26-11-13-27(14-12-26)31(29,30)22-8-4-7-21(24)16-22/h4,7-10,15-17H,2-3,5-6,11-14H2,1H3,(H,25,28). The summed E-state index contributed by atoms with van der Waals surface area (Å²) >= 11 is 0. The zero-order valence-electron chi connectivity index (χ0n) is 17.7. The van der Waals surface area contributed by atoms with Crippen molar-refractivity contribution >= 4 is 16.1 Å². The van der Waals surface area contributed by atoms with E-state index < -0.39 is 15.8 Å². The number of aryl methyl sites for hydroxylation is 2. The number of piperazine rings is 1. The Morgan fingerprint density at radius 3 is 2.42 bits per heavy atom. The van der Waals surface area contributed by atoms with Gasteiger partial charge < -0.3 is 10.2 Å². The Hall–Kier alpha value is -2.45. The molecule has 166 valence electrons. The Labute approximate surface area is 183 Å². The quantitative estimate of drug-likeness (QED) is 0.783. The molecule has 1 aliphatic heterocycles. The first kappa shape index (κ1) is 21.8. The molecule has 2 amide bonds. The summed E-state index contributed by atoms with van der Waals surface area (Å²) in [7, 11) is -3.77. The molecule has 2 aromatic rings. The molecule has 31 heavy (non-hydrogen) atoms. The van der Waals surface area contributed by atoms with Crippen LogP contribution >= 0.6 is 0 Å². The van der Waals surface area contributed by atoms with Gasteiger partial charge in [0.1, 0.15) is 5.82 Å². The summed E-state index contributed by atoms with van der Waals surface area (Å²) in [5.41, 5.74) is 3.87. The van der Waals surface area contributed by atoms with Crippen molar-refractivity contribution in [1.29, 1.82) is 0 Å². The summed E-state index contributed by atoms with van der Waals surface area (Å²) in [6.45, 7) is 2.90. The molecule has 2 aliphatic rings. The van der Waals surface area contributed by atoms with E-state index in [1.165, 1.54) is 46.5 Å². The number of amides is 2. The lowest BCUT2D eigenvalue weighted by molar-refractivity contribution is 0.169. The number of benzene rings is 2. The Morgan fingerprint density at radius 1 is 1.00 bits per heavy atom. The van der Waals surface area contributed by atoms with Crippen molar-refractivity contribution in [3.8, 4) is 0 Å². The third-order valence-electron chi connectivity index (χ3n) is 6.17. The van der Waals surface area contributed by atoms with Crippen LogP contribution in [-0.2, 0) is 22.9 Å². The number of hydrogen-bond acceptors (Lipinski definition) is 3. The van der Waals surface area contributed by atoms with Crippen LogP contribution in [0.1, 0.15) is 42.5 Å². The van der Waals surface area contributed by atoms with Gasteiger partial charge in [0.25, 0.3) is 0 Å². The molecule has 1 atom stereocenters. The number of carbonyl (C=O) groups excluding carboxylic acids is 1. The number of sulfonamides is 1. The highest BCUT2D eigenvalue weighted by Gasteiger charge is 2.30. The van der Waals surface area contributed by atoms with E-state index in [0.29, 0.717) is 0 Å². The van der Waals surface area contributed by atoms with Crippen LogP contribution in [0.15, 0.2) is 47.4 Å². The summed E-state index contributed by atoms with van der Waals surface area (Å²) < 4.78 is 40.2. The van der Waals surface area contributed by atoms with Crippen molar-refractivity contribution in [3.05, 3.63) is 65.0 Å². The Bertz CT molecular complexity index is 1070. The number of rotatable bonds is 4. The van der Waals surface area contributed by atoms with Crippen molar-refractivity contribution in [2.75, 3.05) is 26.2 Å². The number of carbonyl (C=O) groups is 1. The predicted molar refractivity (Wildman–Crippen MR) is 117 cm³/mol. The first-order valence-electron chi connectivity index (χ1n) is 10.8. The van der Waals surface area contributed by atoms with Gasteiger partial charge in [-0.3, -0.25) is 0 Å². The van der Waals surface area contributed by atoms with E-state index in [0.717, 1.165) is 24.5 Å². The molecule has 8 heteroatoms. The molecule has 1 heterocycles. The van der Waals surface area contributed by atoms with Gasteiger partial charge >= 0.3 is 6.03 Å².